The lowest BCUT2D eigenvalue weighted by atomic mass is 9.95. The Bertz CT molecular complexity index is 896. The second-order valence-electron chi connectivity index (χ2n) is 9.57. The van der Waals surface area contributed by atoms with Crippen LogP contribution in [-0.2, 0) is 9.59 Å². The molecule has 2 aromatic rings. The molecule has 2 heterocycles. The number of hydrogen-bond acceptors (Lipinski definition) is 3. The van der Waals surface area contributed by atoms with Gasteiger partial charge in [0, 0.05) is 19.0 Å². The van der Waals surface area contributed by atoms with Gasteiger partial charge in [-0.15, -0.1) is 0 Å². The van der Waals surface area contributed by atoms with Crippen LogP contribution in [0.4, 0.5) is 0 Å². The van der Waals surface area contributed by atoms with E-state index in [1.54, 1.807) is 0 Å². The molecule has 4 rings (SSSR count). The van der Waals surface area contributed by atoms with E-state index in [2.05, 4.69) is 51.5 Å². The molecule has 5 nitrogen and oxygen atoms in total. The standard InChI is InChI=1S/C28H37N3O2/c1-22(23-11-13-25(14-12-23)24-9-5-4-6-10-24)29-27(32)21-30-19-15-26(16-20-30)28(33)31-17-7-2-3-8-18-31/h4-6,9-14,22,26H,2-3,7-8,15-21H2,1H3,(H,29,32). The van der Waals surface area contributed by atoms with E-state index in [0.29, 0.717) is 12.5 Å². The molecule has 1 unspecified atom stereocenters. The van der Waals surface area contributed by atoms with Crippen LogP contribution in [0.3, 0.4) is 0 Å². The van der Waals surface area contributed by atoms with Gasteiger partial charge in [0.1, 0.15) is 0 Å². The highest BCUT2D eigenvalue weighted by Crippen LogP contribution is 2.23. The molecule has 2 saturated heterocycles. The van der Waals surface area contributed by atoms with Crippen LogP contribution in [0.25, 0.3) is 11.1 Å². The fraction of sp³-hybridized carbons (Fsp3) is 0.500. The Balaban J connectivity index is 1.22. The van der Waals surface area contributed by atoms with Gasteiger partial charge in [0.25, 0.3) is 0 Å². The summed E-state index contributed by atoms with van der Waals surface area (Å²) in [6, 6.07) is 18.7. The van der Waals surface area contributed by atoms with Gasteiger partial charge in [0.15, 0.2) is 0 Å². The highest BCUT2D eigenvalue weighted by atomic mass is 16.2. The van der Waals surface area contributed by atoms with Gasteiger partial charge in [0.05, 0.1) is 12.6 Å². The fourth-order valence-corrected chi connectivity index (χ4v) is 5.06. The van der Waals surface area contributed by atoms with Gasteiger partial charge in [-0.3, -0.25) is 14.5 Å². The van der Waals surface area contributed by atoms with E-state index in [0.717, 1.165) is 57.4 Å². The lowest BCUT2D eigenvalue weighted by Gasteiger charge is -2.33. The van der Waals surface area contributed by atoms with Crippen molar-refractivity contribution in [3.8, 4) is 11.1 Å². The van der Waals surface area contributed by atoms with Crippen LogP contribution in [0.1, 0.15) is 57.1 Å². The number of nitrogens with one attached hydrogen (secondary N) is 1. The minimum absolute atomic E-state index is 0.0375. The van der Waals surface area contributed by atoms with E-state index < -0.39 is 0 Å². The summed E-state index contributed by atoms with van der Waals surface area (Å²) in [6.07, 6.45) is 6.48. The molecule has 0 radical (unpaired) electrons. The first-order valence-electron chi connectivity index (χ1n) is 12.6. The average molecular weight is 448 g/mol. The molecule has 1 N–H and O–H groups in total. The fourth-order valence-electron chi connectivity index (χ4n) is 5.06. The normalized spacial score (nSPS) is 19.0. The van der Waals surface area contributed by atoms with Crippen molar-refractivity contribution in [3.63, 3.8) is 0 Å². The molecule has 176 valence electrons. The molecule has 0 aliphatic carbocycles. The largest absolute Gasteiger partial charge is 0.348 e. The van der Waals surface area contributed by atoms with E-state index in [-0.39, 0.29) is 17.9 Å². The number of piperidine rings is 1. The van der Waals surface area contributed by atoms with E-state index in [9.17, 15) is 9.59 Å². The summed E-state index contributed by atoms with van der Waals surface area (Å²) in [5.41, 5.74) is 3.47. The first kappa shape index (κ1) is 23.5. The second-order valence-corrected chi connectivity index (χ2v) is 9.57. The number of carbonyl (C=O) groups excluding carboxylic acids is 2. The minimum Gasteiger partial charge on any atom is -0.348 e. The zero-order chi connectivity index (χ0) is 23.0. The predicted octanol–water partition coefficient (Wildman–Crippen LogP) is 4.65. The van der Waals surface area contributed by atoms with Gasteiger partial charge >= 0.3 is 0 Å². The average Bonchev–Trinajstić information content (AvgIpc) is 3.14. The van der Waals surface area contributed by atoms with Gasteiger partial charge in [-0.25, -0.2) is 0 Å². The van der Waals surface area contributed by atoms with E-state index in [4.69, 9.17) is 0 Å². The van der Waals surface area contributed by atoms with Gasteiger partial charge in [-0.2, -0.15) is 0 Å². The monoisotopic (exact) mass is 447 g/mol. The lowest BCUT2D eigenvalue weighted by Crippen LogP contribution is -2.45. The van der Waals surface area contributed by atoms with Crippen molar-refractivity contribution in [2.24, 2.45) is 5.92 Å². The zero-order valence-corrected chi connectivity index (χ0v) is 19.8. The van der Waals surface area contributed by atoms with Crippen LogP contribution < -0.4 is 5.32 Å². The van der Waals surface area contributed by atoms with Crippen LogP contribution in [-0.4, -0.2) is 54.3 Å². The summed E-state index contributed by atoms with van der Waals surface area (Å²) in [5.74, 6) is 0.518. The number of nitrogens with zero attached hydrogens (tertiary/aromatic N) is 2. The van der Waals surface area contributed by atoms with E-state index in [1.165, 1.54) is 24.0 Å². The maximum absolute atomic E-state index is 12.9. The molecule has 0 bridgehead atoms. The number of rotatable bonds is 6. The van der Waals surface area contributed by atoms with Gasteiger partial charge in [0.2, 0.25) is 11.8 Å². The van der Waals surface area contributed by atoms with Crippen molar-refractivity contribution in [2.45, 2.75) is 51.5 Å². The Kier molecular flexibility index (Phi) is 8.16. The molecule has 2 aromatic carbocycles. The number of benzene rings is 2. The van der Waals surface area contributed by atoms with Crippen molar-refractivity contribution < 1.29 is 9.59 Å². The molecule has 2 aliphatic heterocycles. The van der Waals surface area contributed by atoms with Crippen molar-refractivity contribution in [2.75, 3.05) is 32.7 Å². The Morgan fingerprint density at radius 3 is 2.09 bits per heavy atom. The first-order valence-corrected chi connectivity index (χ1v) is 12.6. The molecule has 0 spiro atoms. The summed E-state index contributed by atoms with van der Waals surface area (Å²) in [4.78, 5) is 29.8. The van der Waals surface area contributed by atoms with Crippen molar-refractivity contribution in [1.82, 2.24) is 15.1 Å². The summed E-state index contributed by atoms with van der Waals surface area (Å²) >= 11 is 0. The topological polar surface area (TPSA) is 52.7 Å². The third-order valence-corrected chi connectivity index (χ3v) is 7.12. The number of carbonyl (C=O) groups is 2. The van der Waals surface area contributed by atoms with Gasteiger partial charge in [-0.05, 0) is 62.4 Å². The molecule has 0 saturated carbocycles. The summed E-state index contributed by atoms with van der Waals surface area (Å²) in [7, 11) is 0. The molecule has 0 aromatic heterocycles. The lowest BCUT2D eigenvalue weighted by molar-refractivity contribution is -0.137. The first-order chi connectivity index (χ1) is 16.1. The third-order valence-electron chi connectivity index (χ3n) is 7.12. The highest BCUT2D eigenvalue weighted by molar-refractivity contribution is 5.80. The summed E-state index contributed by atoms with van der Waals surface area (Å²) in [6.45, 7) is 5.91. The molecule has 1 atom stereocenters. The van der Waals surface area contributed by atoms with Crippen LogP contribution >= 0.6 is 0 Å². The SMILES string of the molecule is CC(NC(=O)CN1CCC(C(=O)N2CCCCCC2)CC1)c1ccc(-c2ccccc2)cc1. The Morgan fingerprint density at radius 1 is 0.848 bits per heavy atom. The molecule has 2 amide bonds. The van der Waals surface area contributed by atoms with Crippen LogP contribution in [0.5, 0.6) is 0 Å². The Hall–Kier alpha value is -2.66. The molecule has 5 heteroatoms. The van der Waals surface area contributed by atoms with Gasteiger partial charge in [-0.1, -0.05) is 67.4 Å². The highest BCUT2D eigenvalue weighted by Gasteiger charge is 2.29. The predicted molar refractivity (Wildman–Crippen MR) is 133 cm³/mol. The second kappa shape index (κ2) is 11.5. The number of amides is 2. The molecule has 2 fully saturated rings. The smallest absolute Gasteiger partial charge is 0.234 e. The zero-order valence-electron chi connectivity index (χ0n) is 19.8. The maximum Gasteiger partial charge on any atom is 0.234 e. The molecular weight excluding hydrogens is 410 g/mol. The molecular formula is C28H37N3O2. The quantitative estimate of drug-likeness (QED) is 0.702. The van der Waals surface area contributed by atoms with Crippen molar-refractivity contribution >= 4 is 11.8 Å². The maximum atomic E-state index is 12.9. The Morgan fingerprint density at radius 2 is 1.45 bits per heavy atom. The van der Waals surface area contributed by atoms with Crippen molar-refractivity contribution in [3.05, 3.63) is 60.2 Å². The van der Waals surface area contributed by atoms with Gasteiger partial charge < -0.3 is 10.2 Å². The third kappa shape index (κ3) is 6.44. The van der Waals surface area contributed by atoms with Crippen molar-refractivity contribution in [1.29, 1.82) is 0 Å². The molecule has 33 heavy (non-hydrogen) atoms. The Labute approximate surface area is 198 Å². The van der Waals surface area contributed by atoms with E-state index >= 15 is 0 Å². The summed E-state index contributed by atoms with van der Waals surface area (Å²) < 4.78 is 0. The van der Waals surface area contributed by atoms with Crippen LogP contribution in [0.2, 0.25) is 0 Å². The number of likely N-dealkylation sites (tertiary alicyclic amines) is 2. The van der Waals surface area contributed by atoms with Crippen LogP contribution in [0.15, 0.2) is 54.6 Å². The molecule has 2 aliphatic rings. The minimum atomic E-state index is -0.0375. The van der Waals surface area contributed by atoms with Crippen LogP contribution in [0, 0.1) is 5.92 Å². The number of hydrogen-bond donors (Lipinski definition) is 1. The summed E-state index contributed by atoms with van der Waals surface area (Å²) in [5, 5.41) is 3.14. The van der Waals surface area contributed by atoms with E-state index in [1.807, 2.05) is 25.1 Å².